The molecular weight excluding hydrogens is 194 g/mol. The summed E-state index contributed by atoms with van der Waals surface area (Å²) in [7, 11) is 0. The zero-order valence-electron chi connectivity index (χ0n) is 8.28. The predicted octanol–water partition coefficient (Wildman–Crippen LogP) is 1.92. The van der Waals surface area contributed by atoms with Crippen LogP contribution in [0.4, 0.5) is 0 Å². The highest BCUT2D eigenvalue weighted by atomic mass is 32.1. The lowest BCUT2D eigenvalue weighted by molar-refractivity contribution is 0.0381. The second-order valence-electron chi connectivity index (χ2n) is 4.31. The Bertz CT molecular complexity index is 285. The highest BCUT2D eigenvalue weighted by Gasteiger charge is 2.34. The summed E-state index contributed by atoms with van der Waals surface area (Å²) in [6.07, 6.45) is 4.47. The van der Waals surface area contributed by atoms with Crippen molar-refractivity contribution in [3.63, 3.8) is 0 Å². The Morgan fingerprint density at radius 3 is 3.07 bits per heavy atom. The van der Waals surface area contributed by atoms with Gasteiger partial charge in [0.2, 0.25) is 0 Å². The summed E-state index contributed by atoms with van der Waals surface area (Å²) in [5.41, 5.74) is 5.32. The molecule has 0 radical (unpaired) electrons. The van der Waals surface area contributed by atoms with E-state index >= 15 is 0 Å². The van der Waals surface area contributed by atoms with Crippen molar-refractivity contribution in [2.45, 2.75) is 43.7 Å². The van der Waals surface area contributed by atoms with Gasteiger partial charge in [0.25, 0.3) is 0 Å². The average Bonchev–Trinajstić information content (AvgIpc) is 2.73. The molecule has 1 aromatic rings. The summed E-state index contributed by atoms with van der Waals surface area (Å²) >= 11 is 1.76. The molecule has 1 aliphatic rings. The van der Waals surface area contributed by atoms with E-state index in [0.29, 0.717) is 0 Å². The van der Waals surface area contributed by atoms with Crippen LogP contribution in [0.2, 0.25) is 0 Å². The van der Waals surface area contributed by atoms with Crippen molar-refractivity contribution in [3.05, 3.63) is 22.4 Å². The number of rotatable bonds is 3. The molecule has 0 aromatic carbocycles. The minimum absolute atomic E-state index is 0.211. The van der Waals surface area contributed by atoms with Crippen LogP contribution in [0.25, 0.3) is 0 Å². The van der Waals surface area contributed by atoms with Crippen LogP contribution < -0.4 is 5.73 Å². The summed E-state index contributed by atoms with van der Waals surface area (Å²) < 4.78 is 0. The maximum absolute atomic E-state index is 10.2. The van der Waals surface area contributed by atoms with Crippen LogP contribution >= 0.6 is 11.3 Å². The average molecular weight is 211 g/mol. The third kappa shape index (κ3) is 2.35. The summed E-state index contributed by atoms with van der Waals surface area (Å²) in [5.74, 6) is 0. The van der Waals surface area contributed by atoms with Crippen molar-refractivity contribution in [1.29, 1.82) is 0 Å². The molecule has 1 heterocycles. The molecule has 1 saturated carbocycles. The van der Waals surface area contributed by atoms with E-state index in [9.17, 15) is 5.11 Å². The van der Waals surface area contributed by atoms with E-state index in [1.165, 1.54) is 4.88 Å². The van der Waals surface area contributed by atoms with E-state index < -0.39 is 5.60 Å². The molecule has 14 heavy (non-hydrogen) atoms. The van der Waals surface area contributed by atoms with Crippen LogP contribution in [0.1, 0.15) is 30.6 Å². The topological polar surface area (TPSA) is 46.2 Å². The first-order valence-corrected chi connectivity index (χ1v) is 6.06. The fourth-order valence-electron chi connectivity index (χ4n) is 2.18. The van der Waals surface area contributed by atoms with E-state index in [1.807, 2.05) is 0 Å². The normalized spacial score (nSPS) is 32.3. The van der Waals surface area contributed by atoms with Gasteiger partial charge in [-0.25, -0.2) is 0 Å². The highest BCUT2D eigenvalue weighted by molar-refractivity contribution is 7.09. The lowest BCUT2D eigenvalue weighted by Crippen LogP contribution is -2.28. The number of aliphatic hydroxyl groups is 1. The predicted molar refractivity (Wildman–Crippen MR) is 59.4 cm³/mol. The fourth-order valence-corrected chi connectivity index (χ4v) is 2.89. The van der Waals surface area contributed by atoms with Gasteiger partial charge in [-0.3, -0.25) is 0 Å². The van der Waals surface area contributed by atoms with Crippen molar-refractivity contribution in [2.75, 3.05) is 0 Å². The molecule has 2 unspecified atom stereocenters. The van der Waals surface area contributed by atoms with Crippen LogP contribution in [-0.2, 0) is 6.42 Å². The Morgan fingerprint density at radius 1 is 1.64 bits per heavy atom. The smallest absolute Gasteiger partial charge is 0.0666 e. The zero-order valence-corrected chi connectivity index (χ0v) is 9.09. The second kappa shape index (κ2) is 4.01. The number of hydrogen-bond donors (Lipinski definition) is 2. The van der Waals surface area contributed by atoms with Gasteiger partial charge in [0.15, 0.2) is 0 Å². The first-order valence-electron chi connectivity index (χ1n) is 5.18. The Kier molecular flexibility index (Phi) is 2.91. The standard InChI is InChI=1S/C11H17NOS/c12-9-3-5-11(13,8-9)6-4-10-2-1-7-14-10/h1-2,7,9,13H,3-6,8,12H2. The third-order valence-electron chi connectivity index (χ3n) is 3.04. The maximum Gasteiger partial charge on any atom is 0.0666 e. The molecule has 3 heteroatoms. The molecule has 0 amide bonds. The van der Waals surface area contributed by atoms with Crippen LogP contribution in [0.5, 0.6) is 0 Å². The Balaban J connectivity index is 1.86. The van der Waals surface area contributed by atoms with Crippen LogP contribution in [-0.4, -0.2) is 16.7 Å². The second-order valence-corrected chi connectivity index (χ2v) is 5.34. The summed E-state index contributed by atoms with van der Waals surface area (Å²) in [6.45, 7) is 0. The molecular formula is C11H17NOS. The lowest BCUT2D eigenvalue weighted by Gasteiger charge is -2.21. The van der Waals surface area contributed by atoms with E-state index in [2.05, 4.69) is 17.5 Å². The highest BCUT2D eigenvalue weighted by Crippen LogP contribution is 2.33. The first kappa shape index (κ1) is 10.1. The lowest BCUT2D eigenvalue weighted by atomic mass is 9.95. The zero-order chi connectivity index (χ0) is 10.0. The maximum atomic E-state index is 10.2. The molecule has 0 spiro atoms. The van der Waals surface area contributed by atoms with Gasteiger partial charge in [0.1, 0.15) is 0 Å². The van der Waals surface area contributed by atoms with E-state index in [1.54, 1.807) is 11.3 Å². The minimum atomic E-state index is -0.483. The van der Waals surface area contributed by atoms with Gasteiger partial charge in [0.05, 0.1) is 5.60 Å². The molecule has 2 nitrogen and oxygen atoms in total. The van der Waals surface area contributed by atoms with Gasteiger partial charge < -0.3 is 10.8 Å². The van der Waals surface area contributed by atoms with Crippen LogP contribution in [0, 0.1) is 0 Å². The SMILES string of the molecule is NC1CCC(O)(CCc2cccs2)C1. The van der Waals surface area contributed by atoms with Crippen molar-refractivity contribution < 1.29 is 5.11 Å². The fraction of sp³-hybridized carbons (Fsp3) is 0.636. The van der Waals surface area contributed by atoms with E-state index in [4.69, 9.17) is 5.73 Å². The van der Waals surface area contributed by atoms with Gasteiger partial charge in [-0.2, -0.15) is 0 Å². The minimum Gasteiger partial charge on any atom is -0.390 e. The van der Waals surface area contributed by atoms with Gasteiger partial charge in [-0.15, -0.1) is 11.3 Å². The third-order valence-corrected chi connectivity index (χ3v) is 3.98. The van der Waals surface area contributed by atoms with Gasteiger partial charge in [-0.05, 0) is 43.6 Å². The number of thiophene rings is 1. The summed E-state index contributed by atoms with van der Waals surface area (Å²) in [5, 5.41) is 12.3. The summed E-state index contributed by atoms with van der Waals surface area (Å²) in [6, 6.07) is 4.40. The summed E-state index contributed by atoms with van der Waals surface area (Å²) in [4.78, 5) is 1.36. The van der Waals surface area contributed by atoms with Crippen molar-refractivity contribution in [1.82, 2.24) is 0 Å². The van der Waals surface area contributed by atoms with E-state index in [-0.39, 0.29) is 6.04 Å². The Morgan fingerprint density at radius 2 is 2.50 bits per heavy atom. The molecule has 1 fully saturated rings. The van der Waals surface area contributed by atoms with Crippen molar-refractivity contribution in [3.8, 4) is 0 Å². The van der Waals surface area contributed by atoms with Gasteiger partial charge in [-0.1, -0.05) is 6.07 Å². The molecule has 78 valence electrons. The van der Waals surface area contributed by atoms with Crippen LogP contribution in [0.3, 0.4) is 0 Å². The molecule has 1 aliphatic carbocycles. The number of nitrogens with two attached hydrogens (primary N) is 1. The monoisotopic (exact) mass is 211 g/mol. The molecule has 0 saturated heterocycles. The number of hydrogen-bond acceptors (Lipinski definition) is 3. The van der Waals surface area contributed by atoms with Crippen LogP contribution in [0.15, 0.2) is 17.5 Å². The molecule has 0 aliphatic heterocycles. The molecule has 1 aromatic heterocycles. The Labute approximate surface area is 88.8 Å². The molecule has 3 N–H and O–H groups in total. The largest absolute Gasteiger partial charge is 0.390 e. The van der Waals surface area contributed by atoms with Crippen molar-refractivity contribution >= 4 is 11.3 Å². The Hall–Kier alpha value is -0.380. The number of aryl methyl sites for hydroxylation is 1. The molecule has 2 rings (SSSR count). The van der Waals surface area contributed by atoms with Crippen molar-refractivity contribution in [2.24, 2.45) is 5.73 Å². The van der Waals surface area contributed by atoms with Gasteiger partial charge in [0, 0.05) is 10.9 Å². The van der Waals surface area contributed by atoms with E-state index in [0.717, 1.165) is 32.1 Å². The first-order chi connectivity index (χ1) is 6.68. The molecule has 0 bridgehead atoms. The quantitative estimate of drug-likeness (QED) is 0.802. The molecule has 2 atom stereocenters. The van der Waals surface area contributed by atoms with Gasteiger partial charge >= 0.3 is 0 Å².